The van der Waals surface area contributed by atoms with Crippen molar-refractivity contribution in [3.8, 4) is 5.75 Å². The van der Waals surface area contributed by atoms with Crippen molar-refractivity contribution in [1.29, 1.82) is 0 Å². The van der Waals surface area contributed by atoms with Gasteiger partial charge < -0.3 is 4.74 Å². The van der Waals surface area contributed by atoms with Crippen LogP contribution in [0.1, 0.15) is 15.9 Å². The maximum Gasteiger partial charge on any atom is 0.343 e. The summed E-state index contributed by atoms with van der Waals surface area (Å²) < 4.78 is 5.81. The highest BCUT2D eigenvalue weighted by molar-refractivity contribution is 8.27. The minimum atomic E-state index is -0.480. The van der Waals surface area contributed by atoms with Gasteiger partial charge in [-0.15, -0.1) is 0 Å². The number of carbonyl (C=O) groups excluding carboxylic acids is 2. The molecule has 0 aromatic heterocycles. The van der Waals surface area contributed by atoms with Crippen molar-refractivity contribution < 1.29 is 14.3 Å². The third-order valence-electron chi connectivity index (χ3n) is 4.33. The number of rotatable bonds is 4. The van der Waals surface area contributed by atoms with Crippen LogP contribution in [0, 0.1) is 0 Å². The van der Waals surface area contributed by atoms with Gasteiger partial charge in [0.05, 0.1) is 16.2 Å². The fourth-order valence-corrected chi connectivity index (χ4v) is 4.45. The molecular weight excluding hydrogens is 473 g/mol. The second kappa shape index (κ2) is 9.24. The Bertz CT molecular complexity index is 1210. The minimum Gasteiger partial charge on any atom is -0.423 e. The summed E-state index contributed by atoms with van der Waals surface area (Å²) in [5, 5.41) is 1.07. The van der Waals surface area contributed by atoms with E-state index in [9.17, 15) is 9.59 Å². The summed E-state index contributed by atoms with van der Waals surface area (Å²) in [4.78, 5) is 27.0. The van der Waals surface area contributed by atoms with Gasteiger partial charge >= 0.3 is 5.97 Å². The first-order valence-corrected chi connectivity index (χ1v) is 11.0. The Balaban J connectivity index is 1.48. The lowest BCUT2D eigenvalue weighted by Gasteiger charge is -2.14. The van der Waals surface area contributed by atoms with Crippen molar-refractivity contribution in [2.75, 3.05) is 4.90 Å². The van der Waals surface area contributed by atoms with Crippen LogP contribution in [0.4, 0.5) is 5.69 Å². The molecule has 1 saturated heterocycles. The molecule has 4 nitrogen and oxygen atoms in total. The van der Waals surface area contributed by atoms with E-state index in [1.807, 2.05) is 0 Å². The number of anilines is 1. The molecule has 154 valence electrons. The monoisotopic (exact) mass is 485 g/mol. The lowest BCUT2D eigenvalue weighted by Crippen LogP contribution is -2.27. The number of amides is 1. The van der Waals surface area contributed by atoms with Crippen molar-refractivity contribution in [2.24, 2.45) is 0 Å². The Morgan fingerprint density at radius 2 is 1.68 bits per heavy atom. The molecule has 0 unspecified atom stereocenters. The van der Waals surface area contributed by atoms with Crippen LogP contribution in [0.2, 0.25) is 10.0 Å². The smallest absolute Gasteiger partial charge is 0.343 e. The SMILES string of the molecule is O=C(Oc1ccc(/C=C2\SC(=S)N(c3cccc(Cl)c3)C2=O)cc1)c1ccc(Cl)cc1. The lowest BCUT2D eigenvalue weighted by molar-refractivity contribution is -0.113. The number of esters is 1. The normalized spacial score (nSPS) is 14.9. The zero-order valence-corrected chi connectivity index (χ0v) is 18.9. The lowest BCUT2D eigenvalue weighted by atomic mass is 10.2. The molecule has 8 heteroatoms. The Kier molecular flexibility index (Phi) is 6.43. The van der Waals surface area contributed by atoms with E-state index < -0.39 is 5.97 Å². The van der Waals surface area contributed by atoms with E-state index in [0.29, 0.717) is 36.3 Å². The number of ether oxygens (including phenoxy) is 1. The van der Waals surface area contributed by atoms with Gasteiger partial charge in [-0.25, -0.2) is 4.79 Å². The van der Waals surface area contributed by atoms with E-state index >= 15 is 0 Å². The van der Waals surface area contributed by atoms with Gasteiger partial charge in [0.25, 0.3) is 5.91 Å². The number of halogens is 2. The number of hydrogen-bond acceptors (Lipinski definition) is 5. The molecular formula is C23H13Cl2NO3S2. The average molecular weight is 486 g/mol. The Hall–Kier alpha value is -2.64. The van der Waals surface area contributed by atoms with Crippen LogP contribution >= 0.6 is 47.2 Å². The summed E-state index contributed by atoms with van der Waals surface area (Å²) in [6.07, 6.45) is 1.74. The van der Waals surface area contributed by atoms with Gasteiger partial charge in [-0.2, -0.15) is 0 Å². The third kappa shape index (κ3) is 4.99. The van der Waals surface area contributed by atoms with Crippen LogP contribution in [0.3, 0.4) is 0 Å². The van der Waals surface area contributed by atoms with Gasteiger partial charge in [0.15, 0.2) is 4.32 Å². The number of carbonyl (C=O) groups is 2. The average Bonchev–Trinajstić information content (AvgIpc) is 3.02. The van der Waals surface area contributed by atoms with Gasteiger partial charge in [0.2, 0.25) is 0 Å². The van der Waals surface area contributed by atoms with Crippen LogP contribution in [0.15, 0.2) is 77.7 Å². The van der Waals surface area contributed by atoms with Gasteiger partial charge in [0.1, 0.15) is 5.75 Å². The molecule has 1 aliphatic heterocycles. The molecule has 0 aliphatic carbocycles. The zero-order valence-electron chi connectivity index (χ0n) is 15.7. The summed E-state index contributed by atoms with van der Waals surface area (Å²) in [6.45, 7) is 0. The summed E-state index contributed by atoms with van der Waals surface area (Å²) in [6, 6.07) is 20.3. The first-order chi connectivity index (χ1) is 14.9. The van der Waals surface area contributed by atoms with Gasteiger partial charge in [-0.05, 0) is 66.2 Å². The molecule has 0 bridgehead atoms. The molecule has 0 atom stereocenters. The van der Waals surface area contributed by atoms with Gasteiger partial charge in [-0.3, -0.25) is 9.69 Å². The molecule has 0 N–H and O–H groups in total. The molecule has 31 heavy (non-hydrogen) atoms. The molecule has 0 radical (unpaired) electrons. The van der Waals surface area contributed by atoms with Crippen molar-refractivity contribution in [1.82, 2.24) is 0 Å². The maximum absolute atomic E-state index is 12.9. The number of hydrogen-bond donors (Lipinski definition) is 0. The summed E-state index contributed by atoms with van der Waals surface area (Å²) >= 11 is 18.5. The van der Waals surface area contributed by atoms with E-state index in [1.54, 1.807) is 78.9 Å². The summed E-state index contributed by atoms with van der Waals surface area (Å²) in [5.41, 5.74) is 1.80. The molecule has 4 rings (SSSR count). The quantitative estimate of drug-likeness (QED) is 0.180. The number of benzene rings is 3. The van der Waals surface area contributed by atoms with Crippen molar-refractivity contribution in [3.63, 3.8) is 0 Å². The van der Waals surface area contributed by atoms with Gasteiger partial charge in [0, 0.05) is 10.0 Å². The largest absolute Gasteiger partial charge is 0.423 e. The van der Waals surface area contributed by atoms with Crippen LogP contribution in [-0.4, -0.2) is 16.2 Å². The molecule has 1 aliphatic rings. The summed E-state index contributed by atoms with van der Waals surface area (Å²) in [7, 11) is 0. The molecule has 0 spiro atoms. The molecule has 0 saturated carbocycles. The topological polar surface area (TPSA) is 46.6 Å². The second-order valence-electron chi connectivity index (χ2n) is 6.46. The highest BCUT2D eigenvalue weighted by Gasteiger charge is 2.33. The van der Waals surface area contributed by atoms with Crippen molar-refractivity contribution in [3.05, 3.63) is 98.9 Å². The van der Waals surface area contributed by atoms with E-state index in [1.165, 1.54) is 16.7 Å². The summed E-state index contributed by atoms with van der Waals surface area (Å²) in [5.74, 6) is -0.300. The predicted octanol–water partition coefficient (Wildman–Crippen LogP) is 6.62. The number of thioether (sulfide) groups is 1. The molecule has 1 heterocycles. The van der Waals surface area contributed by atoms with Crippen LogP contribution in [0.25, 0.3) is 6.08 Å². The van der Waals surface area contributed by atoms with Gasteiger partial charge in [-0.1, -0.05) is 65.4 Å². The Morgan fingerprint density at radius 3 is 2.35 bits per heavy atom. The molecule has 1 fully saturated rings. The van der Waals surface area contributed by atoms with E-state index in [-0.39, 0.29) is 5.91 Å². The van der Waals surface area contributed by atoms with Crippen LogP contribution < -0.4 is 9.64 Å². The van der Waals surface area contributed by atoms with Crippen LogP contribution in [0.5, 0.6) is 5.75 Å². The molecule has 3 aromatic rings. The van der Waals surface area contributed by atoms with E-state index in [2.05, 4.69) is 0 Å². The molecule has 1 amide bonds. The highest BCUT2D eigenvalue weighted by atomic mass is 35.5. The first kappa shape index (κ1) is 21.6. The standard InChI is InChI=1S/C23H13Cl2NO3S2/c24-16-8-6-15(7-9-16)22(28)29-19-10-4-14(5-11-19)12-20-21(27)26(23(30)31-20)18-3-1-2-17(25)13-18/h1-13H/b20-12-. The maximum atomic E-state index is 12.9. The minimum absolute atomic E-state index is 0.212. The predicted molar refractivity (Wildman–Crippen MR) is 130 cm³/mol. The number of nitrogens with zero attached hydrogens (tertiary/aromatic N) is 1. The fourth-order valence-electron chi connectivity index (χ4n) is 2.84. The Labute approximate surface area is 198 Å². The van der Waals surface area contributed by atoms with Crippen molar-refractivity contribution in [2.45, 2.75) is 0 Å². The fraction of sp³-hybridized carbons (Fsp3) is 0. The van der Waals surface area contributed by atoms with Crippen LogP contribution in [-0.2, 0) is 4.79 Å². The third-order valence-corrected chi connectivity index (χ3v) is 6.12. The number of thiocarbonyl (C=S) groups is 1. The zero-order chi connectivity index (χ0) is 22.0. The second-order valence-corrected chi connectivity index (χ2v) is 9.01. The highest BCUT2D eigenvalue weighted by Crippen LogP contribution is 2.36. The van der Waals surface area contributed by atoms with E-state index in [4.69, 9.17) is 40.2 Å². The van der Waals surface area contributed by atoms with E-state index in [0.717, 1.165) is 5.56 Å². The molecule has 3 aromatic carbocycles. The first-order valence-electron chi connectivity index (χ1n) is 9.02. The van der Waals surface area contributed by atoms with Crippen molar-refractivity contribution >= 4 is 75.1 Å². The Morgan fingerprint density at radius 1 is 0.968 bits per heavy atom.